The molecule has 0 aliphatic carbocycles. The summed E-state index contributed by atoms with van der Waals surface area (Å²) < 4.78 is 0. The van der Waals surface area contributed by atoms with Crippen molar-refractivity contribution in [1.82, 2.24) is 5.32 Å². The Morgan fingerprint density at radius 2 is 0.710 bits per heavy atom. The van der Waals surface area contributed by atoms with Gasteiger partial charge in [0.2, 0.25) is 5.91 Å². The number of allylic oxidation sites excluding steroid dienone is 13. The zero-order valence-electron chi connectivity index (χ0n) is 41.1. The van der Waals surface area contributed by atoms with Gasteiger partial charge in [0.25, 0.3) is 0 Å². The lowest BCUT2D eigenvalue weighted by atomic mass is 10.0. The molecule has 0 saturated heterocycles. The topological polar surface area (TPSA) is 69.6 Å². The van der Waals surface area contributed by atoms with Crippen molar-refractivity contribution in [3.8, 4) is 0 Å². The van der Waals surface area contributed by atoms with Crippen LogP contribution in [0.1, 0.15) is 258 Å². The van der Waals surface area contributed by atoms with Gasteiger partial charge in [0.15, 0.2) is 0 Å². The number of hydrogen-bond donors (Lipinski definition) is 3. The molecule has 0 aliphatic rings. The van der Waals surface area contributed by atoms with Crippen molar-refractivity contribution >= 4 is 5.91 Å². The lowest BCUT2D eigenvalue weighted by Gasteiger charge is -2.20. The Hall–Kier alpha value is -2.43. The van der Waals surface area contributed by atoms with E-state index in [1.807, 2.05) is 6.08 Å². The van der Waals surface area contributed by atoms with Crippen LogP contribution in [-0.4, -0.2) is 34.9 Å². The van der Waals surface area contributed by atoms with Crippen molar-refractivity contribution in [3.63, 3.8) is 0 Å². The smallest absolute Gasteiger partial charge is 0.220 e. The van der Waals surface area contributed by atoms with Gasteiger partial charge in [-0.2, -0.15) is 0 Å². The largest absolute Gasteiger partial charge is 0.394 e. The number of amides is 1. The van der Waals surface area contributed by atoms with E-state index in [2.05, 4.69) is 92.1 Å². The number of unbranched alkanes of at least 4 members (excludes halogenated alkanes) is 29. The number of carbonyl (C=O) groups is 1. The van der Waals surface area contributed by atoms with E-state index in [0.29, 0.717) is 6.42 Å². The molecule has 0 radical (unpaired) electrons. The van der Waals surface area contributed by atoms with E-state index in [4.69, 9.17) is 0 Å². The van der Waals surface area contributed by atoms with Crippen LogP contribution >= 0.6 is 0 Å². The summed E-state index contributed by atoms with van der Waals surface area (Å²) in [6.07, 6.45) is 77.3. The molecular weight excluding hydrogens is 759 g/mol. The molecular formula is C58H103NO3. The van der Waals surface area contributed by atoms with Gasteiger partial charge in [0.1, 0.15) is 0 Å². The highest BCUT2D eigenvalue weighted by Gasteiger charge is 2.18. The van der Waals surface area contributed by atoms with Gasteiger partial charge in [0, 0.05) is 6.42 Å². The molecule has 2 unspecified atom stereocenters. The van der Waals surface area contributed by atoms with Crippen LogP contribution in [0.15, 0.2) is 85.1 Å². The molecule has 0 spiro atoms. The molecule has 0 aromatic rings. The van der Waals surface area contributed by atoms with Gasteiger partial charge in [-0.15, -0.1) is 0 Å². The minimum absolute atomic E-state index is 0.0650. The lowest BCUT2D eigenvalue weighted by molar-refractivity contribution is -0.123. The summed E-state index contributed by atoms with van der Waals surface area (Å²) in [6.45, 7) is 4.20. The number of aliphatic hydroxyl groups excluding tert-OH is 2. The molecule has 0 aliphatic heterocycles. The van der Waals surface area contributed by atoms with Crippen LogP contribution in [0.25, 0.3) is 0 Å². The molecule has 0 heterocycles. The molecule has 0 bridgehead atoms. The van der Waals surface area contributed by atoms with Crippen molar-refractivity contribution in [2.24, 2.45) is 0 Å². The quantitative estimate of drug-likeness (QED) is 0.0422. The first-order valence-electron chi connectivity index (χ1n) is 26.8. The number of hydrogen-bond acceptors (Lipinski definition) is 3. The van der Waals surface area contributed by atoms with Crippen LogP contribution in [0.3, 0.4) is 0 Å². The van der Waals surface area contributed by atoms with Crippen LogP contribution in [0.5, 0.6) is 0 Å². The average molecular weight is 862 g/mol. The highest BCUT2D eigenvalue weighted by Crippen LogP contribution is 2.16. The van der Waals surface area contributed by atoms with E-state index in [9.17, 15) is 15.0 Å². The zero-order chi connectivity index (χ0) is 44.9. The number of rotatable bonds is 48. The van der Waals surface area contributed by atoms with Crippen LogP contribution in [0.2, 0.25) is 0 Å². The predicted molar refractivity (Wildman–Crippen MR) is 276 cm³/mol. The van der Waals surface area contributed by atoms with Crippen molar-refractivity contribution in [3.05, 3.63) is 85.1 Å². The van der Waals surface area contributed by atoms with Gasteiger partial charge >= 0.3 is 0 Å². The second-order valence-electron chi connectivity index (χ2n) is 17.9. The van der Waals surface area contributed by atoms with Crippen LogP contribution in [-0.2, 0) is 4.79 Å². The molecule has 1 amide bonds. The normalized spacial score (nSPS) is 13.5. The Morgan fingerprint density at radius 1 is 0.403 bits per heavy atom. The van der Waals surface area contributed by atoms with Gasteiger partial charge in [-0.1, -0.05) is 266 Å². The maximum atomic E-state index is 12.4. The standard InChI is InChI=1S/C58H103NO3/c1-3-5-7-9-11-13-15-17-19-20-21-22-23-24-25-26-27-28-29-30-31-32-33-34-35-36-37-38-40-42-44-46-48-50-52-54-58(62)59-56(55-60)57(61)53-51-49-47-45-43-41-39-18-16-14-12-10-8-6-4-2/h5,7,11,13,17,19,21-22,24-25,27-28,51,53,56-57,60-61H,3-4,6,8-10,12,14-16,18,20,23,26,29-50,52,54-55H2,1-2H3,(H,59,62)/b7-5-,13-11-,19-17-,22-21-,25-24-,28-27-,53-51+. The maximum Gasteiger partial charge on any atom is 0.220 e. The molecule has 2 atom stereocenters. The van der Waals surface area contributed by atoms with E-state index in [1.165, 1.54) is 173 Å². The number of carbonyl (C=O) groups excluding carboxylic acids is 1. The second-order valence-corrected chi connectivity index (χ2v) is 17.9. The highest BCUT2D eigenvalue weighted by atomic mass is 16.3. The predicted octanol–water partition coefficient (Wildman–Crippen LogP) is 17.6. The van der Waals surface area contributed by atoms with Gasteiger partial charge in [-0.25, -0.2) is 0 Å². The summed E-state index contributed by atoms with van der Waals surface area (Å²) in [5, 5.41) is 23.1. The van der Waals surface area contributed by atoms with E-state index in [0.717, 1.165) is 64.2 Å². The Kier molecular flexibility index (Phi) is 50.8. The zero-order valence-corrected chi connectivity index (χ0v) is 41.1. The molecule has 0 aromatic carbocycles. The Bertz CT molecular complexity index is 1110. The summed E-state index contributed by atoms with van der Waals surface area (Å²) in [5.41, 5.74) is 0. The third-order valence-corrected chi connectivity index (χ3v) is 11.9. The third kappa shape index (κ3) is 48.6. The third-order valence-electron chi connectivity index (χ3n) is 11.9. The molecule has 358 valence electrons. The molecule has 0 fully saturated rings. The summed E-state index contributed by atoms with van der Waals surface area (Å²) in [6, 6.07) is -0.625. The Labute approximate surface area is 386 Å². The molecule has 4 heteroatoms. The fourth-order valence-electron chi connectivity index (χ4n) is 7.83. The molecule has 0 saturated carbocycles. The first-order valence-corrected chi connectivity index (χ1v) is 26.8. The molecule has 4 nitrogen and oxygen atoms in total. The van der Waals surface area contributed by atoms with E-state index in [1.54, 1.807) is 6.08 Å². The minimum atomic E-state index is -0.841. The average Bonchev–Trinajstić information content (AvgIpc) is 3.28. The van der Waals surface area contributed by atoms with Crippen molar-refractivity contribution in [1.29, 1.82) is 0 Å². The minimum Gasteiger partial charge on any atom is -0.394 e. The Balaban J connectivity index is 3.51. The summed E-state index contributed by atoms with van der Waals surface area (Å²) in [5.74, 6) is -0.0650. The fraction of sp³-hybridized carbons (Fsp3) is 0.741. The summed E-state index contributed by atoms with van der Waals surface area (Å²) in [7, 11) is 0. The van der Waals surface area contributed by atoms with Crippen LogP contribution in [0, 0.1) is 0 Å². The lowest BCUT2D eigenvalue weighted by Crippen LogP contribution is -2.45. The first kappa shape index (κ1) is 59.6. The number of aliphatic hydroxyl groups is 2. The molecule has 3 N–H and O–H groups in total. The summed E-state index contributed by atoms with van der Waals surface area (Å²) in [4.78, 5) is 12.4. The van der Waals surface area contributed by atoms with Gasteiger partial charge < -0.3 is 15.5 Å². The SMILES string of the molecule is CC/C=C\C/C=C\C/C=C\C/C=C\C/C=C\C/C=C\CCCCCCCCCCCCCCCCCCC(=O)NC(CO)C(O)/C=C/CCCCCCCCCCCCCCC. The summed E-state index contributed by atoms with van der Waals surface area (Å²) >= 11 is 0. The molecule has 62 heavy (non-hydrogen) atoms. The Morgan fingerprint density at radius 3 is 1.06 bits per heavy atom. The fourth-order valence-corrected chi connectivity index (χ4v) is 7.83. The van der Waals surface area contributed by atoms with E-state index < -0.39 is 12.1 Å². The van der Waals surface area contributed by atoms with Crippen LogP contribution < -0.4 is 5.32 Å². The number of nitrogens with one attached hydrogen (secondary N) is 1. The van der Waals surface area contributed by atoms with Gasteiger partial charge in [0.05, 0.1) is 18.8 Å². The first-order chi connectivity index (χ1) is 30.7. The van der Waals surface area contributed by atoms with Crippen LogP contribution in [0.4, 0.5) is 0 Å². The second kappa shape index (κ2) is 52.9. The van der Waals surface area contributed by atoms with Gasteiger partial charge in [-0.05, 0) is 70.6 Å². The van der Waals surface area contributed by atoms with E-state index >= 15 is 0 Å². The van der Waals surface area contributed by atoms with Crippen molar-refractivity contribution < 1.29 is 15.0 Å². The molecule has 0 aromatic heterocycles. The maximum absolute atomic E-state index is 12.4. The van der Waals surface area contributed by atoms with Gasteiger partial charge in [-0.3, -0.25) is 4.79 Å². The van der Waals surface area contributed by atoms with Crippen molar-refractivity contribution in [2.75, 3.05) is 6.61 Å². The monoisotopic (exact) mass is 862 g/mol. The van der Waals surface area contributed by atoms with Crippen molar-refractivity contribution in [2.45, 2.75) is 270 Å². The van der Waals surface area contributed by atoms with E-state index in [-0.39, 0.29) is 12.5 Å². The highest BCUT2D eigenvalue weighted by molar-refractivity contribution is 5.76. The molecule has 0 rings (SSSR count).